The molecule has 1 heterocycles. The molecule has 0 aliphatic heterocycles. The molecule has 0 fully saturated rings. The second-order valence-corrected chi connectivity index (χ2v) is 5.86. The molecule has 1 aromatic heterocycles. The zero-order valence-corrected chi connectivity index (χ0v) is 14.0. The monoisotopic (exact) mass is 336 g/mol. The molecule has 23 heavy (non-hydrogen) atoms. The first-order chi connectivity index (χ1) is 11.1. The van der Waals surface area contributed by atoms with Gasteiger partial charge >= 0.3 is 0 Å². The van der Waals surface area contributed by atoms with Crippen LogP contribution in [-0.2, 0) is 6.42 Å². The van der Waals surface area contributed by atoms with E-state index in [1.54, 1.807) is 14.0 Å². The molecular formula is C16H20N2O4S. The molecule has 0 unspecified atom stereocenters. The van der Waals surface area contributed by atoms with Gasteiger partial charge in [0.1, 0.15) is 11.5 Å². The number of methoxy groups -OCH3 is 1. The smallest absolute Gasteiger partial charge is 0.255 e. The number of H-pyrrole nitrogens is 1. The number of aromatic nitrogens is 2. The average molecular weight is 336 g/mol. The minimum atomic E-state index is -0.190. The van der Waals surface area contributed by atoms with Gasteiger partial charge in [-0.1, -0.05) is 11.8 Å². The summed E-state index contributed by atoms with van der Waals surface area (Å²) in [4.78, 5) is 19.0. The maximum Gasteiger partial charge on any atom is 0.255 e. The molecule has 6 nitrogen and oxygen atoms in total. The second kappa shape index (κ2) is 8.59. The lowest BCUT2D eigenvalue weighted by Gasteiger charge is -2.08. The minimum Gasteiger partial charge on any atom is -0.497 e. The van der Waals surface area contributed by atoms with Crippen LogP contribution in [0.5, 0.6) is 11.5 Å². The molecule has 0 radical (unpaired) electrons. The van der Waals surface area contributed by atoms with Gasteiger partial charge in [-0.05, 0) is 31.2 Å². The van der Waals surface area contributed by atoms with Crippen molar-refractivity contribution >= 4 is 11.8 Å². The Morgan fingerprint density at radius 2 is 1.96 bits per heavy atom. The lowest BCUT2D eigenvalue weighted by atomic mass is 10.2. The van der Waals surface area contributed by atoms with Crippen LogP contribution in [0.3, 0.4) is 0 Å². The fourth-order valence-corrected chi connectivity index (χ4v) is 2.76. The van der Waals surface area contributed by atoms with Gasteiger partial charge in [-0.25, -0.2) is 4.98 Å². The van der Waals surface area contributed by atoms with Gasteiger partial charge in [-0.2, -0.15) is 0 Å². The highest BCUT2D eigenvalue weighted by Crippen LogP contribution is 2.18. The molecule has 0 amide bonds. The van der Waals surface area contributed by atoms with E-state index in [0.29, 0.717) is 35.2 Å². The standard InChI is InChI=1S/C16H20N2O4S/c1-11-14(7-8-19)15(20)18-16(17-11)23-10-9-22-13-5-3-12(21-2)4-6-13/h3-6,19H,7-10H2,1-2H3,(H,17,18,20). The summed E-state index contributed by atoms with van der Waals surface area (Å²) in [5.74, 6) is 2.21. The number of aliphatic hydroxyl groups is 1. The third-order valence-electron chi connectivity index (χ3n) is 3.21. The van der Waals surface area contributed by atoms with Crippen LogP contribution >= 0.6 is 11.8 Å². The zero-order chi connectivity index (χ0) is 16.7. The maximum atomic E-state index is 11.9. The Morgan fingerprint density at radius 3 is 2.57 bits per heavy atom. The van der Waals surface area contributed by atoms with E-state index in [2.05, 4.69) is 9.97 Å². The maximum absolute atomic E-state index is 11.9. The molecule has 0 atom stereocenters. The summed E-state index contributed by atoms with van der Waals surface area (Å²) in [6.45, 7) is 2.21. The normalized spacial score (nSPS) is 10.6. The van der Waals surface area contributed by atoms with Gasteiger partial charge in [0, 0.05) is 30.0 Å². The number of ether oxygens (including phenoxy) is 2. The number of aliphatic hydroxyl groups excluding tert-OH is 1. The van der Waals surface area contributed by atoms with E-state index in [-0.39, 0.29) is 12.2 Å². The Balaban J connectivity index is 1.85. The quantitative estimate of drug-likeness (QED) is 0.434. The number of hydrogen-bond donors (Lipinski definition) is 2. The summed E-state index contributed by atoms with van der Waals surface area (Å²) in [5.41, 5.74) is 0.998. The van der Waals surface area contributed by atoms with E-state index in [1.165, 1.54) is 11.8 Å². The van der Waals surface area contributed by atoms with Crippen molar-refractivity contribution in [3.8, 4) is 11.5 Å². The van der Waals surface area contributed by atoms with Crippen LogP contribution in [0, 0.1) is 6.92 Å². The lowest BCUT2D eigenvalue weighted by molar-refractivity contribution is 0.298. The summed E-state index contributed by atoms with van der Waals surface area (Å²) < 4.78 is 10.7. The first kappa shape index (κ1) is 17.4. The van der Waals surface area contributed by atoms with Gasteiger partial charge in [0.2, 0.25) is 0 Å². The molecule has 0 saturated carbocycles. The van der Waals surface area contributed by atoms with Crippen LogP contribution in [-0.4, -0.2) is 41.2 Å². The molecule has 0 saturated heterocycles. The molecule has 0 aliphatic rings. The molecular weight excluding hydrogens is 316 g/mol. The number of hydrogen-bond acceptors (Lipinski definition) is 6. The topological polar surface area (TPSA) is 84.4 Å². The van der Waals surface area contributed by atoms with Gasteiger partial charge in [0.25, 0.3) is 5.56 Å². The predicted molar refractivity (Wildman–Crippen MR) is 89.6 cm³/mol. The second-order valence-electron chi connectivity index (χ2n) is 4.78. The number of thioether (sulfide) groups is 1. The van der Waals surface area contributed by atoms with Crippen molar-refractivity contribution in [2.45, 2.75) is 18.5 Å². The number of nitrogens with one attached hydrogen (secondary N) is 1. The summed E-state index contributed by atoms with van der Waals surface area (Å²) in [6, 6.07) is 7.37. The third kappa shape index (κ3) is 5.01. The van der Waals surface area contributed by atoms with Gasteiger partial charge in [-0.15, -0.1) is 0 Å². The van der Waals surface area contributed by atoms with Gasteiger partial charge in [0.15, 0.2) is 5.16 Å². The van der Waals surface area contributed by atoms with Crippen molar-refractivity contribution in [2.24, 2.45) is 0 Å². The number of rotatable bonds is 8. The highest BCUT2D eigenvalue weighted by Gasteiger charge is 2.08. The van der Waals surface area contributed by atoms with Crippen molar-refractivity contribution < 1.29 is 14.6 Å². The number of aromatic amines is 1. The Morgan fingerprint density at radius 1 is 1.26 bits per heavy atom. The average Bonchev–Trinajstić information content (AvgIpc) is 2.55. The SMILES string of the molecule is COc1ccc(OCCSc2nc(C)c(CCO)c(=O)[nH]2)cc1. The van der Waals surface area contributed by atoms with Crippen LogP contribution in [0.2, 0.25) is 0 Å². The van der Waals surface area contributed by atoms with Crippen molar-refractivity contribution in [2.75, 3.05) is 26.1 Å². The fourth-order valence-electron chi connectivity index (χ4n) is 2.03. The first-order valence-corrected chi connectivity index (χ1v) is 8.23. The molecule has 2 N–H and O–H groups in total. The summed E-state index contributed by atoms with van der Waals surface area (Å²) in [5, 5.41) is 9.50. The summed E-state index contributed by atoms with van der Waals surface area (Å²) in [7, 11) is 1.62. The number of aryl methyl sites for hydroxylation is 1. The van der Waals surface area contributed by atoms with Crippen molar-refractivity contribution in [1.29, 1.82) is 0 Å². The van der Waals surface area contributed by atoms with E-state index < -0.39 is 0 Å². The van der Waals surface area contributed by atoms with E-state index in [9.17, 15) is 4.79 Å². The largest absolute Gasteiger partial charge is 0.497 e. The highest BCUT2D eigenvalue weighted by molar-refractivity contribution is 7.99. The molecule has 0 aliphatic carbocycles. The Hall–Kier alpha value is -1.99. The lowest BCUT2D eigenvalue weighted by Crippen LogP contribution is -2.18. The molecule has 2 rings (SSSR count). The van der Waals surface area contributed by atoms with E-state index in [4.69, 9.17) is 14.6 Å². The van der Waals surface area contributed by atoms with E-state index in [0.717, 1.165) is 11.5 Å². The van der Waals surface area contributed by atoms with Crippen LogP contribution < -0.4 is 15.0 Å². The van der Waals surface area contributed by atoms with Crippen molar-refractivity contribution in [1.82, 2.24) is 9.97 Å². The minimum absolute atomic E-state index is 0.0617. The van der Waals surface area contributed by atoms with Crippen LogP contribution in [0.15, 0.2) is 34.2 Å². The predicted octanol–water partition coefficient (Wildman–Crippen LogP) is 1.79. The van der Waals surface area contributed by atoms with Crippen LogP contribution in [0.4, 0.5) is 0 Å². The van der Waals surface area contributed by atoms with Gasteiger partial charge in [0.05, 0.1) is 13.7 Å². The molecule has 0 bridgehead atoms. The molecule has 1 aromatic carbocycles. The fraction of sp³-hybridized carbons (Fsp3) is 0.375. The van der Waals surface area contributed by atoms with Crippen LogP contribution in [0.1, 0.15) is 11.3 Å². The summed E-state index contributed by atoms with van der Waals surface area (Å²) >= 11 is 1.42. The molecule has 2 aromatic rings. The number of benzene rings is 1. The zero-order valence-electron chi connectivity index (χ0n) is 13.2. The van der Waals surface area contributed by atoms with Crippen LogP contribution in [0.25, 0.3) is 0 Å². The Bertz CT molecular complexity index is 685. The molecule has 7 heteroatoms. The van der Waals surface area contributed by atoms with Gasteiger partial charge in [-0.3, -0.25) is 4.79 Å². The Kier molecular flexibility index (Phi) is 6.49. The molecule has 0 spiro atoms. The number of nitrogens with zero attached hydrogens (tertiary/aromatic N) is 1. The summed E-state index contributed by atoms with van der Waals surface area (Å²) in [6.07, 6.45) is 0.319. The first-order valence-electron chi connectivity index (χ1n) is 7.24. The van der Waals surface area contributed by atoms with Gasteiger partial charge < -0.3 is 19.6 Å². The Labute approximate surface area is 138 Å². The molecule has 124 valence electrons. The highest BCUT2D eigenvalue weighted by atomic mass is 32.2. The van der Waals surface area contributed by atoms with E-state index in [1.807, 2.05) is 24.3 Å². The van der Waals surface area contributed by atoms with E-state index >= 15 is 0 Å². The third-order valence-corrected chi connectivity index (χ3v) is 4.05. The van der Waals surface area contributed by atoms with Crippen molar-refractivity contribution in [3.05, 3.63) is 45.9 Å². The van der Waals surface area contributed by atoms with Crippen molar-refractivity contribution in [3.63, 3.8) is 0 Å².